The average Bonchev–Trinajstić information content (AvgIpc) is 2.46. The van der Waals surface area contributed by atoms with Gasteiger partial charge in [0.05, 0.1) is 12.5 Å². The summed E-state index contributed by atoms with van der Waals surface area (Å²) in [4.78, 5) is 23.2. The summed E-state index contributed by atoms with van der Waals surface area (Å²) in [5, 5.41) is 0. The molecule has 0 fully saturated rings. The number of carbonyl (C=O) groups is 2. The summed E-state index contributed by atoms with van der Waals surface area (Å²) in [6, 6.07) is 7.98. The summed E-state index contributed by atoms with van der Waals surface area (Å²) in [6.45, 7) is 7.77. The molecule has 1 unspecified atom stereocenters. The van der Waals surface area contributed by atoms with Crippen molar-refractivity contribution in [2.45, 2.75) is 52.4 Å². The number of methoxy groups -OCH3 is 1. The number of carbonyl (C=O) groups excluding carboxylic acids is 2. The summed E-state index contributed by atoms with van der Waals surface area (Å²) in [5.74, 6) is -0.227. The van der Waals surface area contributed by atoms with E-state index >= 15 is 0 Å². The number of aldehydes is 1. The molecule has 0 saturated carbocycles. The third-order valence-electron chi connectivity index (χ3n) is 4.14. The highest BCUT2D eigenvalue weighted by molar-refractivity contribution is 5.82. The lowest BCUT2D eigenvalue weighted by Crippen LogP contribution is -2.34. The van der Waals surface area contributed by atoms with Crippen LogP contribution >= 0.6 is 0 Å². The van der Waals surface area contributed by atoms with Gasteiger partial charge in [0.25, 0.3) is 0 Å². The van der Waals surface area contributed by atoms with E-state index in [1.54, 1.807) is 0 Å². The van der Waals surface area contributed by atoms with Crippen LogP contribution in [-0.2, 0) is 19.7 Å². The molecule has 0 aliphatic carbocycles. The Morgan fingerprint density at radius 2 is 1.71 bits per heavy atom. The van der Waals surface area contributed by atoms with E-state index in [0.29, 0.717) is 6.42 Å². The molecule has 21 heavy (non-hydrogen) atoms. The van der Waals surface area contributed by atoms with Gasteiger partial charge in [0.1, 0.15) is 6.29 Å². The van der Waals surface area contributed by atoms with Gasteiger partial charge in [-0.3, -0.25) is 4.79 Å². The third-order valence-corrected chi connectivity index (χ3v) is 4.14. The van der Waals surface area contributed by atoms with Crippen LogP contribution in [-0.4, -0.2) is 19.4 Å². The number of aryl methyl sites for hydroxylation is 1. The zero-order valence-corrected chi connectivity index (χ0v) is 13.7. The first kappa shape index (κ1) is 17.4. The molecule has 3 heteroatoms. The van der Waals surface area contributed by atoms with Gasteiger partial charge in [0, 0.05) is 5.41 Å². The molecule has 0 amide bonds. The molecule has 0 spiro atoms. The van der Waals surface area contributed by atoms with Crippen molar-refractivity contribution >= 4 is 12.3 Å². The van der Waals surface area contributed by atoms with E-state index < -0.39 is 5.41 Å². The summed E-state index contributed by atoms with van der Waals surface area (Å²) >= 11 is 0. The van der Waals surface area contributed by atoms with E-state index in [2.05, 4.69) is 0 Å². The topological polar surface area (TPSA) is 43.4 Å². The Hall–Kier alpha value is -1.64. The standard InChI is InChI=1S/C18H26O3/c1-14-7-9-15(10-8-14)18(4,16(20)21-5)12-6-11-17(2,3)13-19/h7-10,13H,6,11-12H2,1-5H3. The Kier molecular flexibility index (Phi) is 5.70. The first-order valence-corrected chi connectivity index (χ1v) is 7.37. The molecule has 1 atom stereocenters. The molecular weight excluding hydrogens is 264 g/mol. The maximum absolute atomic E-state index is 12.3. The first-order chi connectivity index (χ1) is 9.75. The molecule has 0 bridgehead atoms. The molecule has 0 radical (unpaired) electrons. The van der Waals surface area contributed by atoms with Crippen LogP contribution < -0.4 is 0 Å². The maximum Gasteiger partial charge on any atom is 0.315 e. The van der Waals surface area contributed by atoms with E-state index in [-0.39, 0.29) is 11.4 Å². The normalized spacial score (nSPS) is 14.3. The Morgan fingerprint density at radius 3 is 2.19 bits per heavy atom. The first-order valence-electron chi connectivity index (χ1n) is 7.37. The highest BCUT2D eigenvalue weighted by Gasteiger charge is 2.36. The SMILES string of the molecule is COC(=O)C(C)(CCCC(C)(C)C=O)c1ccc(C)cc1. The Morgan fingerprint density at radius 1 is 1.14 bits per heavy atom. The minimum atomic E-state index is -0.665. The highest BCUT2D eigenvalue weighted by Crippen LogP contribution is 2.33. The van der Waals surface area contributed by atoms with Crippen LogP contribution in [0.15, 0.2) is 24.3 Å². The molecule has 1 rings (SSSR count). The summed E-state index contributed by atoms with van der Waals surface area (Å²) in [6.07, 6.45) is 3.20. The molecular formula is C18H26O3. The second kappa shape index (κ2) is 6.88. The van der Waals surface area contributed by atoms with Gasteiger partial charge in [0.15, 0.2) is 0 Å². The second-order valence-corrected chi connectivity index (χ2v) is 6.65. The van der Waals surface area contributed by atoms with Crippen molar-refractivity contribution in [3.63, 3.8) is 0 Å². The lowest BCUT2D eigenvalue weighted by atomic mass is 9.76. The number of hydrogen-bond donors (Lipinski definition) is 0. The predicted molar refractivity (Wildman–Crippen MR) is 84.2 cm³/mol. The quantitative estimate of drug-likeness (QED) is 0.566. The molecule has 0 N–H and O–H groups in total. The van der Waals surface area contributed by atoms with Gasteiger partial charge < -0.3 is 9.53 Å². The van der Waals surface area contributed by atoms with Crippen LogP contribution in [0.5, 0.6) is 0 Å². The van der Waals surface area contributed by atoms with Gasteiger partial charge in [0.2, 0.25) is 0 Å². The minimum Gasteiger partial charge on any atom is -0.468 e. The number of esters is 1. The average molecular weight is 290 g/mol. The van der Waals surface area contributed by atoms with Crippen LogP contribution in [0.2, 0.25) is 0 Å². The molecule has 1 aromatic rings. The van der Waals surface area contributed by atoms with Crippen LogP contribution in [0.3, 0.4) is 0 Å². The molecule has 0 heterocycles. The molecule has 0 saturated heterocycles. The molecule has 0 aromatic heterocycles. The summed E-state index contributed by atoms with van der Waals surface area (Å²) in [7, 11) is 1.42. The fraction of sp³-hybridized carbons (Fsp3) is 0.556. The minimum absolute atomic E-state index is 0.227. The Labute approximate surface area is 127 Å². The van der Waals surface area contributed by atoms with Crippen LogP contribution in [0.25, 0.3) is 0 Å². The van der Waals surface area contributed by atoms with E-state index in [0.717, 1.165) is 30.3 Å². The van der Waals surface area contributed by atoms with Crippen molar-refractivity contribution in [2.75, 3.05) is 7.11 Å². The van der Waals surface area contributed by atoms with Crippen molar-refractivity contribution in [3.8, 4) is 0 Å². The third kappa shape index (κ3) is 4.42. The van der Waals surface area contributed by atoms with Gasteiger partial charge in [-0.15, -0.1) is 0 Å². The molecule has 116 valence electrons. The fourth-order valence-electron chi connectivity index (χ4n) is 2.47. The lowest BCUT2D eigenvalue weighted by molar-refractivity contribution is -0.147. The Balaban J connectivity index is 2.92. The van der Waals surface area contributed by atoms with E-state index in [9.17, 15) is 9.59 Å². The van der Waals surface area contributed by atoms with Crippen LogP contribution in [0.4, 0.5) is 0 Å². The lowest BCUT2D eigenvalue weighted by Gasteiger charge is -2.28. The maximum atomic E-state index is 12.3. The van der Waals surface area contributed by atoms with Gasteiger partial charge >= 0.3 is 5.97 Å². The van der Waals surface area contributed by atoms with Crippen molar-refractivity contribution in [1.82, 2.24) is 0 Å². The zero-order chi connectivity index (χ0) is 16.1. The van der Waals surface area contributed by atoms with Gasteiger partial charge in [-0.2, -0.15) is 0 Å². The van der Waals surface area contributed by atoms with E-state index in [1.807, 2.05) is 52.0 Å². The van der Waals surface area contributed by atoms with Crippen molar-refractivity contribution in [3.05, 3.63) is 35.4 Å². The zero-order valence-electron chi connectivity index (χ0n) is 13.7. The van der Waals surface area contributed by atoms with Crippen molar-refractivity contribution in [2.24, 2.45) is 5.41 Å². The molecule has 0 aliphatic heterocycles. The number of ether oxygens (including phenoxy) is 1. The molecule has 3 nitrogen and oxygen atoms in total. The Bertz CT molecular complexity index is 488. The monoisotopic (exact) mass is 290 g/mol. The molecule has 0 aliphatic rings. The van der Waals surface area contributed by atoms with Gasteiger partial charge in [-0.25, -0.2) is 0 Å². The summed E-state index contributed by atoms with van der Waals surface area (Å²) in [5.41, 5.74) is 1.11. The fourth-order valence-corrected chi connectivity index (χ4v) is 2.47. The smallest absolute Gasteiger partial charge is 0.315 e. The van der Waals surface area contributed by atoms with Gasteiger partial charge in [-0.1, -0.05) is 50.1 Å². The van der Waals surface area contributed by atoms with E-state index in [4.69, 9.17) is 4.74 Å². The summed E-state index contributed by atoms with van der Waals surface area (Å²) < 4.78 is 5.00. The van der Waals surface area contributed by atoms with Gasteiger partial charge in [-0.05, 0) is 32.3 Å². The number of hydrogen-bond acceptors (Lipinski definition) is 3. The van der Waals surface area contributed by atoms with Crippen molar-refractivity contribution in [1.29, 1.82) is 0 Å². The second-order valence-electron chi connectivity index (χ2n) is 6.65. The predicted octanol–water partition coefficient (Wildman–Crippen LogP) is 3.82. The van der Waals surface area contributed by atoms with Crippen LogP contribution in [0, 0.1) is 12.3 Å². The highest BCUT2D eigenvalue weighted by atomic mass is 16.5. The number of rotatable bonds is 7. The number of benzene rings is 1. The van der Waals surface area contributed by atoms with Crippen LogP contribution in [0.1, 0.15) is 51.2 Å². The van der Waals surface area contributed by atoms with E-state index in [1.165, 1.54) is 7.11 Å². The molecule has 1 aromatic carbocycles. The van der Waals surface area contributed by atoms with Crippen molar-refractivity contribution < 1.29 is 14.3 Å². The largest absolute Gasteiger partial charge is 0.468 e.